The quantitative estimate of drug-likeness (QED) is 0.103. The molecule has 0 unspecified atom stereocenters. The number of ether oxygens (including phenoxy) is 2. The van der Waals surface area contributed by atoms with Gasteiger partial charge < -0.3 is 25.0 Å². The lowest BCUT2D eigenvalue weighted by Crippen LogP contribution is -2.27. The Kier molecular flexibility index (Phi) is 9.89. The van der Waals surface area contributed by atoms with Gasteiger partial charge in [0.25, 0.3) is 5.91 Å². The minimum absolute atomic E-state index is 0.229. The van der Waals surface area contributed by atoms with Gasteiger partial charge in [0.1, 0.15) is 11.5 Å². The van der Waals surface area contributed by atoms with Crippen molar-refractivity contribution >= 4 is 79.8 Å². The van der Waals surface area contributed by atoms with Crippen LogP contribution in [0, 0.1) is 0 Å². The third-order valence-corrected chi connectivity index (χ3v) is 7.30. The number of rotatable bonds is 11. The van der Waals surface area contributed by atoms with E-state index in [1.54, 1.807) is 44.5 Å². The number of hydrogen-bond donors (Lipinski definition) is 3. The number of benzene rings is 4. The van der Waals surface area contributed by atoms with E-state index in [0.29, 0.717) is 58.8 Å². The SMILES string of the molecule is CNC(=O)c1cccc2c(Nc3cc(NC(=O)Oc4ccc(N(CCCl)CCCl)cc4)cc(OC)c3)c3ccccc3nc12. The highest BCUT2D eigenvalue weighted by Crippen LogP contribution is 2.36. The molecule has 0 saturated carbocycles. The van der Waals surface area contributed by atoms with Crippen molar-refractivity contribution < 1.29 is 19.1 Å². The minimum Gasteiger partial charge on any atom is -0.497 e. The highest BCUT2D eigenvalue weighted by atomic mass is 35.5. The maximum absolute atomic E-state index is 12.9. The van der Waals surface area contributed by atoms with E-state index in [2.05, 4.69) is 20.9 Å². The van der Waals surface area contributed by atoms with Crippen LogP contribution in [0.1, 0.15) is 10.4 Å². The zero-order valence-corrected chi connectivity index (χ0v) is 25.7. The molecule has 2 amide bonds. The van der Waals surface area contributed by atoms with Gasteiger partial charge in [-0.2, -0.15) is 0 Å². The molecule has 0 atom stereocenters. The fourth-order valence-electron chi connectivity index (χ4n) is 4.92. The molecule has 0 saturated heterocycles. The van der Waals surface area contributed by atoms with Crippen LogP contribution in [-0.4, -0.2) is 56.0 Å². The number of fused-ring (bicyclic) bond motifs is 2. The van der Waals surface area contributed by atoms with Gasteiger partial charge in [-0.25, -0.2) is 9.78 Å². The third kappa shape index (κ3) is 6.90. The van der Waals surface area contributed by atoms with E-state index in [1.165, 1.54) is 0 Å². The zero-order valence-electron chi connectivity index (χ0n) is 24.2. The first kappa shape index (κ1) is 30.7. The Bertz CT molecular complexity index is 1790. The Balaban J connectivity index is 1.42. The van der Waals surface area contributed by atoms with Gasteiger partial charge in [-0.1, -0.05) is 30.3 Å². The number of anilines is 4. The largest absolute Gasteiger partial charge is 0.497 e. The Morgan fingerprint density at radius 1 is 0.841 bits per heavy atom. The van der Waals surface area contributed by atoms with Crippen molar-refractivity contribution in [1.29, 1.82) is 0 Å². The first-order valence-corrected chi connectivity index (χ1v) is 15.0. The highest BCUT2D eigenvalue weighted by Gasteiger charge is 2.16. The van der Waals surface area contributed by atoms with Gasteiger partial charge >= 0.3 is 6.09 Å². The second kappa shape index (κ2) is 14.2. The molecule has 0 bridgehead atoms. The van der Waals surface area contributed by atoms with E-state index < -0.39 is 6.09 Å². The summed E-state index contributed by atoms with van der Waals surface area (Å²) < 4.78 is 11.1. The number of nitrogens with zero attached hydrogens (tertiary/aromatic N) is 2. The van der Waals surface area contributed by atoms with E-state index in [0.717, 1.165) is 27.7 Å². The summed E-state index contributed by atoms with van der Waals surface area (Å²) in [6, 6.07) is 25.6. The molecule has 11 heteroatoms. The molecule has 226 valence electrons. The van der Waals surface area contributed by atoms with Gasteiger partial charge in [0.05, 0.1) is 29.4 Å². The summed E-state index contributed by atoms with van der Waals surface area (Å²) in [7, 11) is 3.14. The predicted octanol–water partition coefficient (Wildman–Crippen LogP) is 7.39. The number of para-hydroxylation sites is 2. The van der Waals surface area contributed by atoms with Gasteiger partial charge in [0, 0.05) is 71.9 Å². The number of alkyl halides is 2. The molecule has 1 heterocycles. The van der Waals surface area contributed by atoms with Gasteiger partial charge in [-0.15, -0.1) is 23.2 Å². The van der Waals surface area contributed by atoms with Crippen molar-refractivity contribution in [2.24, 2.45) is 0 Å². The van der Waals surface area contributed by atoms with Gasteiger partial charge in [-0.3, -0.25) is 10.1 Å². The van der Waals surface area contributed by atoms with Crippen molar-refractivity contribution in [3.8, 4) is 11.5 Å². The number of amides is 2. The Labute approximate surface area is 265 Å². The van der Waals surface area contributed by atoms with Crippen LogP contribution < -0.4 is 30.3 Å². The van der Waals surface area contributed by atoms with Crippen LogP contribution in [0.3, 0.4) is 0 Å². The summed E-state index contributed by atoms with van der Waals surface area (Å²) in [6.45, 7) is 1.31. The molecule has 5 rings (SSSR count). The summed E-state index contributed by atoms with van der Waals surface area (Å²) in [5.41, 5.74) is 4.55. The van der Waals surface area contributed by atoms with E-state index >= 15 is 0 Å². The minimum atomic E-state index is -0.662. The predicted molar refractivity (Wildman–Crippen MR) is 179 cm³/mol. The van der Waals surface area contributed by atoms with Crippen LogP contribution >= 0.6 is 23.2 Å². The maximum Gasteiger partial charge on any atom is 0.417 e. The fourth-order valence-corrected chi connectivity index (χ4v) is 5.33. The van der Waals surface area contributed by atoms with Crippen LogP contribution in [0.15, 0.2) is 84.9 Å². The molecular formula is C33H31Cl2N5O4. The average molecular weight is 633 g/mol. The monoisotopic (exact) mass is 631 g/mol. The van der Waals surface area contributed by atoms with Gasteiger partial charge in [0.15, 0.2) is 0 Å². The molecule has 0 aliphatic carbocycles. The summed E-state index contributed by atoms with van der Waals surface area (Å²) in [5.74, 6) is 1.61. The van der Waals surface area contributed by atoms with Crippen molar-refractivity contribution in [2.45, 2.75) is 0 Å². The molecular weight excluding hydrogens is 601 g/mol. The van der Waals surface area contributed by atoms with Crippen LogP contribution in [0.5, 0.6) is 11.5 Å². The first-order chi connectivity index (χ1) is 21.4. The van der Waals surface area contributed by atoms with E-state index in [-0.39, 0.29) is 5.91 Å². The van der Waals surface area contributed by atoms with Crippen molar-refractivity contribution in [3.63, 3.8) is 0 Å². The first-order valence-electron chi connectivity index (χ1n) is 13.9. The zero-order chi connectivity index (χ0) is 31.1. The van der Waals surface area contributed by atoms with Crippen molar-refractivity contribution in [2.75, 3.05) is 54.5 Å². The van der Waals surface area contributed by atoms with E-state index in [9.17, 15) is 9.59 Å². The van der Waals surface area contributed by atoms with Gasteiger partial charge in [-0.05, 0) is 42.5 Å². The molecule has 0 spiro atoms. The molecule has 44 heavy (non-hydrogen) atoms. The fraction of sp³-hybridized carbons (Fsp3) is 0.182. The van der Waals surface area contributed by atoms with E-state index in [4.69, 9.17) is 37.7 Å². The summed E-state index contributed by atoms with van der Waals surface area (Å²) >= 11 is 11.8. The Morgan fingerprint density at radius 3 is 2.25 bits per heavy atom. The molecule has 3 N–H and O–H groups in total. The number of carbonyl (C=O) groups excluding carboxylic acids is 2. The van der Waals surface area contributed by atoms with Crippen molar-refractivity contribution in [3.05, 3.63) is 90.5 Å². The lowest BCUT2D eigenvalue weighted by atomic mass is 10.0. The summed E-state index contributed by atoms with van der Waals surface area (Å²) in [6.07, 6.45) is -0.662. The number of pyridine rings is 1. The molecule has 0 aliphatic rings. The average Bonchev–Trinajstić information content (AvgIpc) is 3.04. The standard InChI is InChI=1S/C33H31Cl2N5O4/c1-36-32(41)28-8-5-7-27-30(26-6-3-4-9-29(26)39-31(27)28)37-21-18-22(20-25(19-21)43-2)38-33(42)44-24-12-10-23(11-13-24)40(16-14-34)17-15-35/h3-13,18-20H,14-17H2,1-2H3,(H,36,41)(H,37,39)(H,38,42). The van der Waals surface area contributed by atoms with E-state index in [1.807, 2.05) is 54.6 Å². The number of nitrogens with one attached hydrogen (secondary N) is 3. The molecule has 4 aromatic carbocycles. The maximum atomic E-state index is 12.9. The van der Waals surface area contributed by atoms with Crippen LogP contribution in [0.4, 0.5) is 27.5 Å². The summed E-state index contributed by atoms with van der Waals surface area (Å²) in [5, 5.41) is 10.6. The summed E-state index contributed by atoms with van der Waals surface area (Å²) in [4.78, 5) is 32.4. The smallest absolute Gasteiger partial charge is 0.417 e. The Hall–Kier alpha value is -4.73. The number of aromatic nitrogens is 1. The normalized spacial score (nSPS) is 10.8. The van der Waals surface area contributed by atoms with Crippen LogP contribution in [0.25, 0.3) is 21.8 Å². The van der Waals surface area contributed by atoms with Gasteiger partial charge in [0.2, 0.25) is 0 Å². The molecule has 9 nitrogen and oxygen atoms in total. The van der Waals surface area contributed by atoms with Crippen LogP contribution in [0.2, 0.25) is 0 Å². The number of methoxy groups -OCH3 is 1. The molecule has 0 aliphatic heterocycles. The lowest BCUT2D eigenvalue weighted by molar-refractivity contribution is 0.0964. The highest BCUT2D eigenvalue weighted by molar-refractivity contribution is 6.18. The third-order valence-electron chi connectivity index (χ3n) is 6.96. The van der Waals surface area contributed by atoms with Crippen LogP contribution in [-0.2, 0) is 0 Å². The number of hydrogen-bond acceptors (Lipinski definition) is 7. The number of halogens is 2. The second-order valence-corrected chi connectivity index (χ2v) is 10.5. The molecule has 0 fully saturated rings. The molecule has 0 radical (unpaired) electrons. The Morgan fingerprint density at radius 2 is 1.55 bits per heavy atom. The second-order valence-electron chi connectivity index (χ2n) is 9.73. The number of carbonyl (C=O) groups is 2. The molecule has 1 aromatic heterocycles. The lowest BCUT2D eigenvalue weighted by Gasteiger charge is -2.22. The van der Waals surface area contributed by atoms with Crippen molar-refractivity contribution in [1.82, 2.24) is 10.3 Å². The topological polar surface area (TPSA) is 105 Å². The molecule has 5 aromatic rings.